The molecule has 0 fully saturated rings. The van der Waals surface area contributed by atoms with Crippen LogP contribution in [0.25, 0.3) is 0 Å². The molecule has 1 aromatic heterocycles. The molecule has 0 amide bonds. The number of hydrogen-bond donors (Lipinski definition) is 0. The van der Waals surface area contributed by atoms with Gasteiger partial charge in [0.2, 0.25) is 11.7 Å². The highest BCUT2D eigenvalue weighted by Gasteiger charge is 2.39. The number of Topliss-reactive ketones (excluding diaryl/α,β-unsaturated/α-hetero) is 2. The van der Waals surface area contributed by atoms with E-state index < -0.39 is 24.2 Å². The summed E-state index contributed by atoms with van der Waals surface area (Å²) in [5, 5.41) is 0. The van der Waals surface area contributed by atoms with Crippen LogP contribution in [0.5, 0.6) is 5.88 Å². The first-order chi connectivity index (χ1) is 10.9. The number of ketones is 2. The van der Waals surface area contributed by atoms with E-state index in [9.17, 15) is 22.8 Å². The fraction of sp³-hybridized carbons (Fsp3) is 0.188. The van der Waals surface area contributed by atoms with Crippen molar-refractivity contribution in [3.8, 4) is 5.88 Å². The standard InChI is InChI=1S/C16H12F3NO3/c17-16(18,19)14(22)8-13(21)12-6-7-15(20-9-12)23-10-11-4-2-1-3-5-11/h1-7,9H,8,10H2. The Balaban J connectivity index is 1.94. The third-order valence-electron chi connectivity index (χ3n) is 2.93. The van der Waals surface area contributed by atoms with E-state index in [1.54, 1.807) is 0 Å². The van der Waals surface area contributed by atoms with Crippen molar-refractivity contribution in [3.05, 3.63) is 59.8 Å². The maximum atomic E-state index is 12.1. The Morgan fingerprint density at radius 3 is 2.30 bits per heavy atom. The maximum Gasteiger partial charge on any atom is 0.450 e. The highest BCUT2D eigenvalue weighted by Crippen LogP contribution is 2.19. The molecule has 2 rings (SSSR count). The van der Waals surface area contributed by atoms with Crippen LogP contribution < -0.4 is 4.74 Å². The summed E-state index contributed by atoms with van der Waals surface area (Å²) in [6.07, 6.45) is -5.15. The molecule has 0 bridgehead atoms. The summed E-state index contributed by atoms with van der Waals surface area (Å²) in [5.41, 5.74) is 0.847. The molecule has 0 radical (unpaired) electrons. The number of carbonyl (C=O) groups excluding carboxylic acids is 2. The third-order valence-corrected chi connectivity index (χ3v) is 2.93. The minimum atomic E-state index is -5.01. The summed E-state index contributed by atoms with van der Waals surface area (Å²) < 4.78 is 41.7. The maximum absolute atomic E-state index is 12.1. The largest absolute Gasteiger partial charge is 0.473 e. The Labute approximate surface area is 129 Å². The van der Waals surface area contributed by atoms with E-state index in [2.05, 4.69) is 4.98 Å². The first-order valence-corrected chi connectivity index (χ1v) is 6.62. The number of alkyl halides is 3. The molecule has 0 N–H and O–H groups in total. The zero-order valence-corrected chi connectivity index (χ0v) is 11.8. The van der Waals surface area contributed by atoms with Gasteiger partial charge in [-0.1, -0.05) is 30.3 Å². The molecule has 0 aliphatic rings. The van der Waals surface area contributed by atoms with Gasteiger partial charge >= 0.3 is 6.18 Å². The zero-order valence-electron chi connectivity index (χ0n) is 11.8. The lowest BCUT2D eigenvalue weighted by Crippen LogP contribution is -2.25. The van der Waals surface area contributed by atoms with Crippen molar-refractivity contribution in [1.82, 2.24) is 4.98 Å². The molecular weight excluding hydrogens is 311 g/mol. The zero-order chi connectivity index (χ0) is 16.9. The molecule has 0 aliphatic heterocycles. The number of benzene rings is 1. The first kappa shape index (κ1) is 16.7. The first-order valence-electron chi connectivity index (χ1n) is 6.62. The number of ether oxygens (including phenoxy) is 1. The molecule has 23 heavy (non-hydrogen) atoms. The second kappa shape index (κ2) is 7.04. The number of aromatic nitrogens is 1. The minimum absolute atomic E-state index is 0.0744. The van der Waals surface area contributed by atoms with Crippen LogP contribution in [-0.4, -0.2) is 22.7 Å². The average Bonchev–Trinajstić information content (AvgIpc) is 2.53. The second-order valence-corrected chi connectivity index (χ2v) is 4.68. The lowest BCUT2D eigenvalue weighted by molar-refractivity contribution is -0.170. The quantitative estimate of drug-likeness (QED) is 0.604. The van der Waals surface area contributed by atoms with Crippen molar-refractivity contribution in [2.75, 3.05) is 0 Å². The number of halogens is 3. The van der Waals surface area contributed by atoms with E-state index in [4.69, 9.17) is 4.74 Å². The monoisotopic (exact) mass is 323 g/mol. The molecule has 2 aromatic rings. The molecular formula is C16H12F3NO3. The van der Waals surface area contributed by atoms with E-state index in [0.717, 1.165) is 11.8 Å². The van der Waals surface area contributed by atoms with E-state index in [1.807, 2.05) is 30.3 Å². The Kier molecular flexibility index (Phi) is 5.10. The molecule has 0 saturated heterocycles. The Bertz CT molecular complexity index is 682. The summed E-state index contributed by atoms with van der Waals surface area (Å²) in [5.74, 6) is -2.78. The van der Waals surface area contributed by atoms with Crippen molar-refractivity contribution in [3.63, 3.8) is 0 Å². The van der Waals surface area contributed by atoms with Gasteiger partial charge in [0.05, 0.1) is 6.42 Å². The lowest BCUT2D eigenvalue weighted by atomic mass is 10.1. The van der Waals surface area contributed by atoms with E-state index in [1.165, 1.54) is 12.1 Å². The van der Waals surface area contributed by atoms with Crippen LogP contribution >= 0.6 is 0 Å². The molecule has 1 aromatic carbocycles. The van der Waals surface area contributed by atoms with Crippen LogP contribution in [0.2, 0.25) is 0 Å². The van der Waals surface area contributed by atoms with Gasteiger partial charge < -0.3 is 4.74 Å². The highest BCUT2D eigenvalue weighted by atomic mass is 19.4. The van der Waals surface area contributed by atoms with Crippen molar-refractivity contribution in [2.24, 2.45) is 0 Å². The van der Waals surface area contributed by atoms with Gasteiger partial charge in [0.1, 0.15) is 6.61 Å². The van der Waals surface area contributed by atoms with Crippen molar-refractivity contribution < 1.29 is 27.5 Å². The van der Waals surface area contributed by atoms with Gasteiger partial charge in [-0.3, -0.25) is 9.59 Å². The van der Waals surface area contributed by atoms with Crippen LogP contribution in [-0.2, 0) is 11.4 Å². The summed E-state index contributed by atoms with van der Waals surface area (Å²) in [4.78, 5) is 26.2. The SMILES string of the molecule is O=C(CC(=O)C(F)(F)F)c1ccc(OCc2ccccc2)nc1. The summed E-state index contributed by atoms with van der Waals surface area (Å²) in [7, 11) is 0. The lowest BCUT2D eigenvalue weighted by Gasteiger charge is -2.07. The van der Waals surface area contributed by atoms with Gasteiger partial charge in [0, 0.05) is 17.8 Å². The van der Waals surface area contributed by atoms with Crippen molar-refractivity contribution >= 4 is 11.6 Å². The molecule has 1 heterocycles. The third kappa shape index (κ3) is 4.91. The minimum Gasteiger partial charge on any atom is -0.473 e. The predicted molar refractivity (Wildman–Crippen MR) is 75.0 cm³/mol. The summed E-state index contributed by atoms with van der Waals surface area (Å²) in [6.45, 7) is 0.272. The fourth-order valence-electron chi connectivity index (χ4n) is 1.71. The van der Waals surface area contributed by atoms with Crippen LogP contribution in [0.1, 0.15) is 22.3 Å². The van der Waals surface area contributed by atoms with Gasteiger partial charge in [0.15, 0.2) is 5.78 Å². The van der Waals surface area contributed by atoms with Crippen LogP contribution in [0, 0.1) is 0 Å². The van der Waals surface area contributed by atoms with E-state index in [0.29, 0.717) is 0 Å². The topological polar surface area (TPSA) is 56.3 Å². The van der Waals surface area contributed by atoms with Gasteiger partial charge in [-0.05, 0) is 11.6 Å². The highest BCUT2D eigenvalue weighted by molar-refractivity contribution is 6.09. The van der Waals surface area contributed by atoms with Gasteiger partial charge in [-0.2, -0.15) is 13.2 Å². The number of rotatable bonds is 6. The summed E-state index contributed by atoms with van der Waals surface area (Å²) >= 11 is 0. The molecule has 0 spiro atoms. The summed E-state index contributed by atoms with van der Waals surface area (Å²) in [6, 6.07) is 11.9. The number of carbonyl (C=O) groups is 2. The van der Waals surface area contributed by atoms with E-state index in [-0.39, 0.29) is 18.1 Å². The second-order valence-electron chi connectivity index (χ2n) is 4.68. The predicted octanol–water partition coefficient (Wildman–Crippen LogP) is 3.36. The molecule has 4 nitrogen and oxygen atoms in total. The van der Waals surface area contributed by atoms with Gasteiger partial charge in [-0.25, -0.2) is 4.98 Å². The molecule has 0 atom stereocenters. The van der Waals surface area contributed by atoms with Crippen LogP contribution in [0.15, 0.2) is 48.7 Å². The molecule has 7 heteroatoms. The molecule has 0 aliphatic carbocycles. The van der Waals surface area contributed by atoms with Crippen molar-refractivity contribution in [2.45, 2.75) is 19.2 Å². The Morgan fingerprint density at radius 2 is 1.74 bits per heavy atom. The fourth-order valence-corrected chi connectivity index (χ4v) is 1.71. The molecule has 0 unspecified atom stereocenters. The smallest absolute Gasteiger partial charge is 0.450 e. The number of hydrogen-bond acceptors (Lipinski definition) is 4. The van der Waals surface area contributed by atoms with Gasteiger partial charge in [0.25, 0.3) is 0 Å². The molecule has 120 valence electrons. The van der Waals surface area contributed by atoms with Crippen LogP contribution in [0.4, 0.5) is 13.2 Å². The molecule has 0 saturated carbocycles. The number of pyridine rings is 1. The van der Waals surface area contributed by atoms with Crippen molar-refractivity contribution in [1.29, 1.82) is 0 Å². The Hall–Kier alpha value is -2.70. The van der Waals surface area contributed by atoms with E-state index >= 15 is 0 Å². The average molecular weight is 323 g/mol. The van der Waals surface area contributed by atoms with Crippen LogP contribution in [0.3, 0.4) is 0 Å². The van der Waals surface area contributed by atoms with Gasteiger partial charge in [-0.15, -0.1) is 0 Å². The Morgan fingerprint density at radius 1 is 1.04 bits per heavy atom. The normalized spacial score (nSPS) is 11.1. The number of nitrogens with zero attached hydrogens (tertiary/aromatic N) is 1.